The first-order chi connectivity index (χ1) is 9.85. The minimum absolute atomic E-state index is 0.0216. The second-order valence-electron chi connectivity index (χ2n) is 4.78. The predicted octanol–water partition coefficient (Wildman–Crippen LogP) is 2.74. The lowest BCUT2D eigenvalue weighted by molar-refractivity contribution is 0.281. The first-order valence-electron chi connectivity index (χ1n) is 6.33. The number of aryl methyl sites for hydroxylation is 1. The fourth-order valence-electron chi connectivity index (χ4n) is 1.96. The molecule has 2 aromatic carbocycles. The number of aliphatic hydroxyl groups excluding tert-OH is 1. The lowest BCUT2D eigenvalue weighted by Gasteiger charge is -2.13. The summed E-state index contributed by atoms with van der Waals surface area (Å²) >= 11 is 0. The first-order valence-corrected chi connectivity index (χ1v) is 7.82. The molecular weight excluding hydrogens is 293 g/mol. The second kappa shape index (κ2) is 5.83. The highest BCUT2D eigenvalue weighted by Gasteiger charge is 2.20. The molecular formula is C15H16FNO3S. The van der Waals surface area contributed by atoms with E-state index in [9.17, 15) is 12.8 Å². The molecule has 4 nitrogen and oxygen atoms in total. The highest BCUT2D eigenvalue weighted by molar-refractivity contribution is 7.92. The Morgan fingerprint density at radius 3 is 2.48 bits per heavy atom. The zero-order valence-electron chi connectivity index (χ0n) is 11.7. The molecule has 0 saturated carbocycles. The van der Waals surface area contributed by atoms with Crippen LogP contribution in [-0.2, 0) is 16.6 Å². The van der Waals surface area contributed by atoms with Crippen LogP contribution in [0.3, 0.4) is 0 Å². The van der Waals surface area contributed by atoms with Gasteiger partial charge in [0.05, 0.1) is 17.2 Å². The van der Waals surface area contributed by atoms with Crippen LogP contribution in [0.4, 0.5) is 10.1 Å². The van der Waals surface area contributed by atoms with Gasteiger partial charge < -0.3 is 5.11 Å². The number of hydrogen-bond acceptors (Lipinski definition) is 3. The van der Waals surface area contributed by atoms with E-state index in [0.717, 1.165) is 11.6 Å². The molecule has 0 aliphatic rings. The normalized spacial score (nSPS) is 11.4. The largest absolute Gasteiger partial charge is 0.392 e. The maximum atomic E-state index is 13.8. The molecule has 0 bridgehead atoms. The van der Waals surface area contributed by atoms with Crippen molar-refractivity contribution in [3.8, 4) is 0 Å². The molecule has 0 atom stereocenters. The van der Waals surface area contributed by atoms with Gasteiger partial charge >= 0.3 is 0 Å². The summed E-state index contributed by atoms with van der Waals surface area (Å²) in [4.78, 5) is -0.171. The maximum Gasteiger partial charge on any atom is 0.262 e. The fourth-order valence-corrected chi connectivity index (χ4v) is 3.40. The van der Waals surface area contributed by atoms with Gasteiger partial charge in [0.25, 0.3) is 10.0 Å². The van der Waals surface area contributed by atoms with E-state index >= 15 is 0 Å². The molecule has 0 radical (unpaired) electrons. The quantitative estimate of drug-likeness (QED) is 0.912. The van der Waals surface area contributed by atoms with Crippen molar-refractivity contribution in [1.29, 1.82) is 0 Å². The molecule has 0 aromatic heterocycles. The molecule has 0 fully saturated rings. The van der Waals surface area contributed by atoms with Crippen molar-refractivity contribution in [2.24, 2.45) is 0 Å². The molecule has 112 valence electrons. The molecule has 0 aliphatic carbocycles. The number of halogens is 1. The van der Waals surface area contributed by atoms with Crippen LogP contribution in [0.25, 0.3) is 0 Å². The van der Waals surface area contributed by atoms with Crippen LogP contribution in [-0.4, -0.2) is 13.5 Å². The summed E-state index contributed by atoms with van der Waals surface area (Å²) in [6.45, 7) is 2.74. The SMILES string of the molecule is Cc1ccccc1NS(=O)(=O)c1cc(CO)cc(F)c1C. The Kier molecular flexibility index (Phi) is 4.29. The molecule has 0 spiro atoms. The number of hydrogen-bond donors (Lipinski definition) is 2. The van der Waals surface area contributed by atoms with E-state index in [0.29, 0.717) is 5.69 Å². The van der Waals surface area contributed by atoms with Gasteiger partial charge in [-0.15, -0.1) is 0 Å². The van der Waals surface area contributed by atoms with Crippen molar-refractivity contribution in [1.82, 2.24) is 0 Å². The number of aliphatic hydroxyl groups is 1. The average Bonchev–Trinajstić information content (AvgIpc) is 2.43. The number of anilines is 1. The summed E-state index contributed by atoms with van der Waals surface area (Å²) < 4.78 is 41.1. The van der Waals surface area contributed by atoms with Crippen molar-refractivity contribution in [2.75, 3.05) is 4.72 Å². The molecule has 2 rings (SSSR count). The van der Waals surface area contributed by atoms with Gasteiger partial charge in [0, 0.05) is 5.56 Å². The third kappa shape index (κ3) is 3.22. The first kappa shape index (κ1) is 15.5. The van der Waals surface area contributed by atoms with Crippen LogP contribution in [0, 0.1) is 19.7 Å². The highest BCUT2D eigenvalue weighted by atomic mass is 32.2. The molecule has 0 unspecified atom stereocenters. The van der Waals surface area contributed by atoms with E-state index in [1.54, 1.807) is 31.2 Å². The minimum atomic E-state index is -3.92. The van der Waals surface area contributed by atoms with Crippen LogP contribution < -0.4 is 4.72 Å². The summed E-state index contributed by atoms with van der Waals surface area (Å²) in [5.41, 5.74) is 1.43. The predicted molar refractivity (Wildman–Crippen MR) is 79.0 cm³/mol. The van der Waals surface area contributed by atoms with Gasteiger partial charge in [-0.3, -0.25) is 4.72 Å². The monoisotopic (exact) mass is 309 g/mol. The number of benzene rings is 2. The molecule has 0 heterocycles. The van der Waals surface area contributed by atoms with Gasteiger partial charge in [0.1, 0.15) is 5.82 Å². The standard InChI is InChI=1S/C15H16FNO3S/c1-10-5-3-4-6-14(10)17-21(19,20)15-8-12(9-18)7-13(16)11(15)2/h3-8,17-18H,9H2,1-2H3. The maximum absolute atomic E-state index is 13.8. The van der Waals surface area contributed by atoms with Crippen LogP contribution in [0.15, 0.2) is 41.3 Å². The van der Waals surface area contributed by atoms with Gasteiger partial charge in [0.2, 0.25) is 0 Å². The topological polar surface area (TPSA) is 66.4 Å². The number of rotatable bonds is 4. The smallest absolute Gasteiger partial charge is 0.262 e. The zero-order chi connectivity index (χ0) is 15.6. The van der Waals surface area contributed by atoms with Crippen LogP contribution in [0.5, 0.6) is 0 Å². The van der Waals surface area contributed by atoms with Crippen LogP contribution >= 0.6 is 0 Å². The zero-order valence-corrected chi connectivity index (χ0v) is 12.5. The Bertz CT molecular complexity index is 772. The third-order valence-electron chi connectivity index (χ3n) is 3.22. The molecule has 2 N–H and O–H groups in total. The number of para-hydroxylation sites is 1. The van der Waals surface area contributed by atoms with Crippen molar-refractivity contribution >= 4 is 15.7 Å². The van der Waals surface area contributed by atoms with Crippen molar-refractivity contribution in [3.05, 3.63) is 58.9 Å². The molecule has 0 amide bonds. The van der Waals surface area contributed by atoms with Gasteiger partial charge in [0.15, 0.2) is 0 Å². The van der Waals surface area contributed by atoms with E-state index in [1.807, 2.05) is 0 Å². The average molecular weight is 309 g/mol. The van der Waals surface area contributed by atoms with E-state index in [4.69, 9.17) is 5.11 Å². The third-order valence-corrected chi connectivity index (χ3v) is 4.71. The Hall–Kier alpha value is -1.92. The summed E-state index contributed by atoms with van der Waals surface area (Å²) in [6, 6.07) is 9.32. The van der Waals surface area contributed by atoms with Gasteiger partial charge in [-0.1, -0.05) is 18.2 Å². The second-order valence-corrected chi connectivity index (χ2v) is 6.43. The van der Waals surface area contributed by atoms with E-state index < -0.39 is 22.4 Å². The molecule has 0 saturated heterocycles. The van der Waals surface area contributed by atoms with Crippen LogP contribution in [0.2, 0.25) is 0 Å². The molecule has 0 aliphatic heterocycles. The number of nitrogens with one attached hydrogen (secondary N) is 1. The minimum Gasteiger partial charge on any atom is -0.392 e. The van der Waals surface area contributed by atoms with E-state index in [-0.39, 0.29) is 16.0 Å². The summed E-state index contributed by atoms with van der Waals surface area (Å²) in [6.07, 6.45) is 0. The summed E-state index contributed by atoms with van der Waals surface area (Å²) in [5, 5.41) is 9.10. The van der Waals surface area contributed by atoms with Gasteiger partial charge in [-0.05, 0) is 43.2 Å². The molecule has 2 aromatic rings. The number of sulfonamides is 1. The van der Waals surface area contributed by atoms with Crippen molar-refractivity contribution in [3.63, 3.8) is 0 Å². The molecule has 21 heavy (non-hydrogen) atoms. The Morgan fingerprint density at radius 1 is 1.19 bits per heavy atom. The van der Waals surface area contributed by atoms with Crippen molar-refractivity contribution < 1.29 is 17.9 Å². The van der Waals surface area contributed by atoms with Crippen molar-refractivity contribution in [2.45, 2.75) is 25.3 Å². The highest BCUT2D eigenvalue weighted by Crippen LogP contribution is 2.24. The molecule has 6 heteroatoms. The van der Waals surface area contributed by atoms with E-state index in [1.165, 1.54) is 13.0 Å². The van der Waals surface area contributed by atoms with Gasteiger partial charge in [-0.2, -0.15) is 0 Å². The Morgan fingerprint density at radius 2 is 1.86 bits per heavy atom. The Labute approximate surface area is 123 Å². The Balaban J connectivity index is 2.50. The lowest BCUT2D eigenvalue weighted by Crippen LogP contribution is -2.16. The lowest BCUT2D eigenvalue weighted by atomic mass is 10.1. The summed E-state index contributed by atoms with van der Waals surface area (Å²) in [5.74, 6) is -0.660. The van der Waals surface area contributed by atoms with Gasteiger partial charge in [-0.25, -0.2) is 12.8 Å². The fraction of sp³-hybridized carbons (Fsp3) is 0.200. The van der Waals surface area contributed by atoms with Crippen LogP contribution in [0.1, 0.15) is 16.7 Å². The van der Waals surface area contributed by atoms with E-state index in [2.05, 4.69) is 4.72 Å². The summed E-state index contributed by atoms with van der Waals surface area (Å²) in [7, 11) is -3.92.